The molecule has 3 heterocycles. The number of ether oxygens (including phenoxy) is 1. The van der Waals surface area contributed by atoms with Crippen molar-refractivity contribution in [2.75, 3.05) is 26.3 Å². The maximum atomic E-state index is 12.3. The minimum absolute atomic E-state index is 0.326. The van der Waals surface area contributed by atoms with Gasteiger partial charge in [0.15, 0.2) is 0 Å². The van der Waals surface area contributed by atoms with Gasteiger partial charge in [-0.05, 0) is 37.5 Å². The summed E-state index contributed by atoms with van der Waals surface area (Å²) < 4.78 is 7.61. The molecule has 2 fully saturated rings. The molecule has 0 unspecified atom stereocenters. The Labute approximate surface area is 126 Å². The van der Waals surface area contributed by atoms with E-state index in [9.17, 15) is 4.79 Å². The lowest BCUT2D eigenvalue weighted by Gasteiger charge is -2.33. The third kappa shape index (κ3) is 4.06. The van der Waals surface area contributed by atoms with Crippen LogP contribution in [0, 0.1) is 11.8 Å². The van der Waals surface area contributed by atoms with Crippen molar-refractivity contribution < 1.29 is 9.53 Å². The molecule has 1 aromatic heterocycles. The molecule has 0 spiro atoms. The monoisotopic (exact) mass is 291 g/mol. The molecule has 0 bridgehead atoms. The number of nitrogens with zero attached hydrogens (tertiary/aromatic N) is 3. The van der Waals surface area contributed by atoms with Gasteiger partial charge in [-0.1, -0.05) is 0 Å². The Hall–Kier alpha value is -1.36. The van der Waals surface area contributed by atoms with Gasteiger partial charge in [0.2, 0.25) is 5.91 Å². The molecular weight excluding hydrogens is 266 g/mol. The SMILES string of the molecule is O=C(C[C@@H]1CCCOC1)N1CCC(Cn2ccnc2)CC1. The molecule has 2 aliphatic rings. The maximum absolute atomic E-state index is 12.3. The van der Waals surface area contributed by atoms with Crippen molar-refractivity contribution in [3.05, 3.63) is 18.7 Å². The third-order valence-corrected chi connectivity index (χ3v) is 4.71. The van der Waals surface area contributed by atoms with Crippen molar-refractivity contribution in [3.63, 3.8) is 0 Å². The average Bonchev–Trinajstić information content (AvgIpc) is 3.02. The van der Waals surface area contributed by atoms with Gasteiger partial charge in [0.05, 0.1) is 6.33 Å². The standard InChI is InChI=1S/C16H25N3O2/c20-16(10-15-2-1-9-21-12-15)19-6-3-14(4-7-19)11-18-8-5-17-13-18/h5,8,13-15H,1-4,6-7,9-12H2/t15-/m0/s1. The van der Waals surface area contributed by atoms with Gasteiger partial charge in [0.25, 0.3) is 0 Å². The molecule has 0 aliphatic carbocycles. The molecule has 5 heteroatoms. The fourth-order valence-electron chi connectivity index (χ4n) is 3.40. The summed E-state index contributed by atoms with van der Waals surface area (Å²) in [6.45, 7) is 4.48. The molecular formula is C16H25N3O2. The number of carbonyl (C=O) groups is 1. The van der Waals surface area contributed by atoms with Gasteiger partial charge in [0.1, 0.15) is 0 Å². The average molecular weight is 291 g/mol. The largest absolute Gasteiger partial charge is 0.381 e. The summed E-state index contributed by atoms with van der Waals surface area (Å²) in [6, 6.07) is 0. The number of rotatable bonds is 4. The Balaban J connectivity index is 1.41. The number of hydrogen-bond donors (Lipinski definition) is 0. The van der Waals surface area contributed by atoms with Gasteiger partial charge in [-0.2, -0.15) is 0 Å². The van der Waals surface area contributed by atoms with Gasteiger partial charge in [-0.15, -0.1) is 0 Å². The number of piperidine rings is 1. The minimum atomic E-state index is 0.326. The van der Waals surface area contributed by atoms with E-state index >= 15 is 0 Å². The van der Waals surface area contributed by atoms with Crippen LogP contribution in [0.5, 0.6) is 0 Å². The van der Waals surface area contributed by atoms with E-state index in [0.29, 0.717) is 24.2 Å². The summed E-state index contributed by atoms with van der Waals surface area (Å²) in [7, 11) is 0. The highest BCUT2D eigenvalue weighted by Crippen LogP contribution is 2.22. The number of carbonyl (C=O) groups excluding carboxylic acids is 1. The highest BCUT2D eigenvalue weighted by atomic mass is 16.5. The molecule has 3 rings (SSSR count). The van der Waals surface area contributed by atoms with E-state index in [1.165, 1.54) is 0 Å². The molecule has 1 aromatic rings. The number of aromatic nitrogens is 2. The second-order valence-corrected chi connectivity index (χ2v) is 6.37. The van der Waals surface area contributed by atoms with Gasteiger partial charge in [0, 0.05) is 51.7 Å². The lowest BCUT2D eigenvalue weighted by atomic mass is 9.94. The molecule has 116 valence electrons. The fraction of sp³-hybridized carbons (Fsp3) is 0.750. The molecule has 1 atom stereocenters. The van der Waals surface area contributed by atoms with Gasteiger partial charge in [-0.25, -0.2) is 4.98 Å². The van der Waals surface area contributed by atoms with E-state index in [2.05, 4.69) is 14.5 Å². The Morgan fingerprint density at radius 1 is 1.24 bits per heavy atom. The normalized spacial score (nSPS) is 24.2. The fourth-order valence-corrected chi connectivity index (χ4v) is 3.40. The topological polar surface area (TPSA) is 47.4 Å². The second-order valence-electron chi connectivity index (χ2n) is 6.37. The highest BCUT2D eigenvalue weighted by molar-refractivity contribution is 5.76. The second kappa shape index (κ2) is 7.07. The summed E-state index contributed by atoms with van der Waals surface area (Å²) in [4.78, 5) is 18.5. The van der Waals surface area contributed by atoms with E-state index in [-0.39, 0.29) is 0 Å². The molecule has 0 radical (unpaired) electrons. The first kappa shape index (κ1) is 14.6. The van der Waals surface area contributed by atoms with Crippen LogP contribution < -0.4 is 0 Å². The number of likely N-dealkylation sites (tertiary alicyclic amines) is 1. The zero-order valence-electron chi connectivity index (χ0n) is 12.6. The predicted octanol–water partition coefficient (Wildman–Crippen LogP) is 1.94. The molecule has 0 saturated carbocycles. The van der Waals surface area contributed by atoms with Crippen LogP contribution in [-0.4, -0.2) is 46.7 Å². The molecule has 2 aliphatic heterocycles. The van der Waals surface area contributed by atoms with E-state index < -0.39 is 0 Å². The lowest BCUT2D eigenvalue weighted by molar-refractivity contribution is -0.134. The molecule has 1 amide bonds. The van der Waals surface area contributed by atoms with Crippen molar-refractivity contribution in [2.24, 2.45) is 11.8 Å². The first-order valence-corrected chi connectivity index (χ1v) is 8.12. The Morgan fingerprint density at radius 3 is 2.76 bits per heavy atom. The van der Waals surface area contributed by atoms with E-state index in [1.54, 1.807) is 0 Å². The Bertz CT molecular complexity index is 432. The van der Waals surface area contributed by atoms with Gasteiger partial charge >= 0.3 is 0 Å². The Morgan fingerprint density at radius 2 is 2.10 bits per heavy atom. The van der Waals surface area contributed by atoms with Crippen molar-refractivity contribution in [1.82, 2.24) is 14.5 Å². The van der Waals surface area contributed by atoms with E-state index in [0.717, 1.165) is 58.5 Å². The van der Waals surface area contributed by atoms with Crippen molar-refractivity contribution in [3.8, 4) is 0 Å². The van der Waals surface area contributed by atoms with Crippen LogP contribution in [0.2, 0.25) is 0 Å². The number of hydrogen-bond acceptors (Lipinski definition) is 3. The molecule has 21 heavy (non-hydrogen) atoms. The van der Waals surface area contributed by atoms with Gasteiger partial charge in [-0.3, -0.25) is 4.79 Å². The van der Waals surface area contributed by atoms with Crippen LogP contribution in [0.25, 0.3) is 0 Å². The summed E-state index contributed by atoms with van der Waals surface area (Å²) in [6.07, 6.45) is 10.8. The summed E-state index contributed by atoms with van der Waals surface area (Å²) in [5.41, 5.74) is 0. The van der Waals surface area contributed by atoms with E-state index in [4.69, 9.17) is 4.74 Å². The van der Waals surface area contributed by atoms with Crippen molar-refractivity contribution in [1.29, 1.82) is 0 Å². The van der Waals surface area contributed by atoms with Crippen LogP contribution in [-0.2, 0) is 16.1 Å². The Kier molecular flexibility index (Phi) is 4.91. The van der Waals surface area contributed by atoms with Crippen LogP contribution in [0.4, 0.5) is 0 Å². The molecule has 2 saturated heterocycles. The number of amides is 1. The summed E-state index contributed by atoms with van der Waals surface area (Å²) >= 11 is 0. The first-order chi connectivity index (χ1) is 10.3. The predicted molar refractivity (Wildman–Crippen MR) is 79.7 cm³/mol. The van der Waals surface area contributed by atoms with E-state index in [1.807, 2.05) is 18.7 Å². The minimum Gasteiger partial charge on any atom is -0.381 e. The highest BCUT2D eigenvalue weighted by Gasteiger charge is 2.25. The van der Waals surface area contributed by atoms with Crippen LogP contribution in [0.1, 0.15) is 32.1 Å². The number of imidazole rings is 1. The van der Waals surface area contributed by atoms with Crippen LogP contribution >= 0.6 is 0 Å². The zero-order chi connectivity index (χ0) is 14.5. The first-order valence-electron chi connectivity index (χ1n) is 8.12. The molecule has 5 nitrogen and oxygen atoms in total. The van der Waals surface area contributed by atoms with Gasteiger partial charge < -0.3 is 14.2 Å². The summed E-state index contributed by atoms with van der Waals surface area (Å²) in [5, 5.41) is 0. The van der Waals surface area contributed by atoms with Crippen LogP contribution in [0.15, 0.2) is 18.7 Å². The lowest BCUT2D eigenvalue weighted by Crippen LogP contribution is -2.40. The third-order valence-electron chi connectivity index (χ3n) is 4.71. The molecule has 0 aromatic carbocycles. The van der Waals surface area contributed by atoms with Crippen LogP contribution in [0.3, 0.4) is 0 Å². The molecule has 0 N–H and O–H groups in total. The zero-order valence-corrected chi connectivity index (χ0v) is 12.6. The quantitative estimate of drug-likeness (QED) is 0.851. The maximum Gasteiger partial charge on any atom is 0.222 e. The van der Waals surface area contributed by atoms with Crippen molar-refractivity contribution in [2.45, 2.75) is 38.6 Å². The summed E-state index contributed by atoms with van der Waals surface area (Å²) in [5.74, 6) is 1.43. The smallest absolute Gasteiger partial charge is 0.222 e. The van der Waals surface area contributed by atoms with Crippen molar-refractivity contribution >= 4 is 5.91 Å².